The van der Waals surface area contributed by atoms with E-state index in [1.165, 1.54) is 24.3 Å². The lowest BCUT2D eigenvalue weighted by Crippen LogP contribution is -2.28. The first-order valence-electron chi connectivity index (χ1n) is 6.46. The molecule has 0 aliphatic heterocycles. The highest BCUT2D eigenvalue weighted by molar-refractivity contribution is 5.85. The number of rotatable bonds is 7. The number of amides is 1. The Labute approximate surface area is 122 Å². The second-order valence-electron chi connectivity index (χ2n) is 4.66. The van der Waals surface area contributed by atoms with Crippen molar-refractivity contribution in [3.05, 3.63) is 41.2 Å². The Hall–Kier alpha value is -2.21. The quantitative estimate of drug-likeness (QED) is 0.754. The summed E-state index contributed by atoms with van der Waals surface area (Å²) < 4.78 is 18.7. The molecule has 0 aliphatic carbocycles. The lowest BCUT2D eigenvalue weighted by atomic mass is 10.1. The molecule has 1 rings (SSSR count). The van der Waals surface area contributed by atoms with Gasteiger partial charge >= 0.3 is 5.97 Å². The minimum absolute atomic E-state index is 0.0148. The van der Waals surface area contributed by atoms with E-state index in [-0.39, 0.29) is 30.7 Å². The average molecular weight is 295 g/mol. The van der Waals surface area contributed by atoms with Gasteiger partial charge in [-0.25, -0.2) is 9.18 Å². The van der Waals surface area contributed by atoms with Crippen molar-refractivity contribution in [3.63, 3.8) is 0 Å². The molecular weight excluding hydrogens is 277 g/mol. The molecule has 6 heteroatoms. The van der Waals surface area contributed by atoms with Crippen LogP contribution in [0.25, 0.3) is 6.08 Å². The van der Waals surface area contributed by atoms with Gasteiger partial charge in [0.05, 0.1) is 6.10 Å². The molecule has 0 aromatic heterocycles. The third-order valence-electron chi connectivity index (χ3n) is 2.51. The molecule has 2 N–H and O–H groups in total. The Balaban J connectivity index is 2.63. The van der Waals surface area contributed by atoms with Gasteiger partial charge in [-0.15, -0.1) is 0 Å². The van der Waals surface area contributed by atoms with E-state index in [1.54, 1.807) is 0 Å². The van der Waals surface area contributed by atoms with Crippen LogP contribution in [0.5, 0.6) is 0 Å². The fraction of sp³-hybridized carbons (Fsp3) is 0.333. The Morgan fingerprint density at radius 2 is 2.14 bits per heavy atom. The van der Waals surface area contributed by atoms with Gasteiger partial charge in [-0.05, 0) is 37.6 Å². The van der Waals surface area contributed by atoms with Gasteiger partial charge < -0.3 is 15.2 Å². The molecule has 21 heavy (non-hydrogen) atoms. The second-order valence-corrected chi connectivity index (χ2v) is 4.66. The predicted molar refractivity (Wildman–Crippen MR) is 76.0 cm³/mol. The van der Waals surface area contributed by atoms with E-state index in [2.05, 4.69) is 5.32 Å². The van der Waals surface area contributed by atoms with Crippen molar-refractivity contribution < 1.29 is 23.8 Å². The molecule has 1 amide bonds. The molecule has 0 fully saturated rings. The van der Waals surface area contributed by atoms with Gasteiger partial charge in [-0.1, -0.05) is 6.07 Å². The van der Waals surface area contributed by atoms with Crippen molar-refractivity contribution >= 4 is 18.0 Å². The summed E-state index contributed by atoms with van der Waals surface area (Å²) in [6.45, 7) is 3.55. The minimum Gasteiger partial charge on any atom is -0.478 e. The number of carbonyl (C=O) groups excluding carboxylic acids is 1. The maximum absolute atomic E-state index is 13.6. The Bertz CT molecular complexity index is 540. The number of hydrogen-bond donors (Lipinski definition) is 2. The summed E-state index contributed by atoms with van der Waals surface area (Å²) in [6, 6.07) is 4.17. The highest BCUT2D eigenvalue weighted by Crippen LogP contribution is 2.12. The van der Waals surface area contributed by atoms with Crippen LogP contribution in [-0.4, -0.2) is 29.7 Å². The fourth-order valence-corrected chi connectivity index (χ4v) is 1.49. The highest BCUT2D eigenvalue weighted by atomic mass is 19.1. The van der Waals surface area contributed by atoms with Crippen LogP contribution in [0.2, 0.25) is 0 Å². The van der Waals surface area contributed by atoms with Crippen LogP contribution in [0.4, 0.5) is 4.39 Å². The minimum atomic E-state index is -1.08. The largest absolute Gasteiger partial charge is 0.478 e. The van der Waals surface area contributed by atoms with Gasteiger partial charge in [0.1, 0.15) is 12.4 Å². The summed E-state index contributed by atoms with van der Waals surface area (Å²) in [5.74, 6) is -1.89. The zero-order chi connectivity index (χ0) is 15.8. The topological polar surface area (TPSA) is 75.6 Å². The van der Waals surface area contributed by atoms with E-state index in [4.69, 9.17) is 9.84 Å². The van der Waals surface area contributed by atoms with E-state index in [9.17, 15) is 14.0 Å². The number of carbonyl (C=O) groups is 2. The number of benzene rings is 1. The van der Waals surface area contributed by atoms with Gasteiger partial charge in [0, 0.05) is 18.2 Å². The zero-order valence-electron chi connectivity index (χ0n) is 11.9. The van der Waals surface area contributed by atoms with Crippen molar-refractivity contribution in [2.24, 2.45) is 0 Å². The fourth-order valence-electron chi connectivity index (χ4n) is 1.49. The smallest absolute Gasteiger partial charge is 0.328 e. The van der Waals surface area contributed by atoms with Crippen molar-refractivity contribution in [2.45, 2.75) is 26.5 Å². The van der Waals surface area contributed by atoms with Crippen molar-refractivity contribution in [3.8, 4) is 0 Å². The first-order chi connectivity index (χ1) is 9.88. The van der Waals surface area contributed by atoms with Crippen molar-refractivity contribution in [2.75, 3.05) is 6.61 Å². The zero-order valence-corrected chi connectivity index (χ0v) is 11.9. The molecule has 0 bridgehead atoms. The van der Waals surface area contributed by atoms with Gasteiger partial charge in [-0.3, -0.25) is 4.79 Å². The molecule has 0 spiro atoms. The van der Waals surface area contributed by atoms with E-state index >= 15 is 0 Å². The maximum Gasteiger partial charge on any atom is 0.328 e. The van der Waals surface area contributed by atoms with Crippen LogP contribution >= 0.6 is 0 Å². The number of ether oxygens (including phenoxy) is 1. The monoisotopic (exact) mass is 295 g/mol. The Morgan fingerprint density at radius 3 is 2.76 bits per heavy atom. The summed E-state index contributed by atoms with van der Waals surface area (Å²) in [5.41, 5.74) is 0.821. The summed E-state index contributed by atoms with van der Waals surface area (Å²) in [7, 11) is 0. The third kappa shape index (κ3) is 6.67. The Kier molecular flexibility index (Phi) is 6.55. The van der Waals surface area contributed by atoms with E-state index in [0.717, 1.165) is 6.08 Å². The number of aliphatic carboxylic acids is 1. The molecule has 0 unspecified atom stereocenters. The first kappa shape index (κ1) is 16.8. The maximum atomic E-state index is 13.6. The third-order valence-corrected chi connectivity index (χ3v) is 2.51. The molecule has 0 heterocycles. The molecule has 0 saturated heterocycles. The van der Waals surface area contributed by atoms with Crippen LogP contribution < -0.4 is 5.32 Å². The van der Waals surface area contributed by atoms with Crippen LogP contribution in [-0.2, 0) is 20.9 Å². The lowest BCUT2D eigenvalue weighted by Gasteiger charge is -2.09. The van der Waals surface area contributed by atoms with Crippen LogP contribution in [0, 0.1) is 5.82 Å². The first-order valence-corrected chi connectivity index (χ1v) is 6.46. The van der Waals surface area contributed by atoms with Gasteiger partial charge in [0.2, 0.25) is 5.91 Å². The Morgan fingerprint density at radius 1 is 1.43 bits per heavy atom. The van der Waals surface area contributed by atoms with E-state index in [0.29, 0.717) is 5.56 Å². The van der Waals surface area contributed by atoms with E-state index in [1.807, 2.05) is 13.8 Å². The normalized spacial score (nSPS) is 11.0. The molecular formula is C15H18FNO4. The van der Waals surface area contributed by atoms with Crippen molar-refractivity contribution in [1.82, 2.24) is 5.32 Å². The number of carboxylic acid groups (broad SMARTS) is 1. The summed E-state index contributed by atoms with van der Waals surface area (Å²) in [4.78, 5) is 21.9. The van der Waals surface area contributed by atoms with Gasteiger partial charge in [0.25, 0.3) is 0 Å². The molecule has 0 atom stereocenters. The predicted octanol–water partition coefficient (Wildman–Crippen LogP) is 1.96. The van der Waals surface area contributed by atoms with Crippen LogP contribution in [0.3, 0.4) is 0 Å². The number of halogens is 1. The van der Waals surface area contributed by atoms with Crippen LogP contribution in [0.1, 0.15) is 25.0 Å². The number of nitrogens with one attached hydrogen (secondary N) is 1. The standard InChI is InChI=1S/C15H18FNO4/c1-10(2)21-9-14(18)17-8-12-7-11(3-5-13(12)16)4-6-15(19)20/h3-7,10H,8-9H2,1-2H3,(H,17,18)(H,19,20)/b6-4+. The van der Waals surface area contributed by atoms with Crippen molar-refractivity contribution in [1.29, 1.82) is 0 Å². The molecule has 1 aromatic rings. The average Bonchev–Trinajstić information content (AvgIpc) is 2.42. The second kappa shape index (κ2) is 8.16. The molecule has 5 nitrogen and oxygen atoms in total. The number of carboxylic acids is 1. The summed E-state index contributed by atoms with van der Waals surface area (Å²) in [5, 5.41) is 11.1. The van der Waals surface area contributed by atoms with Gasteiger partial charge in [0.15, 0.2) is 0 Å². The van der Waals surface area contributed by atoms with E-state index < -0.39 is 11.8 Å². The molecule has 0 aliphatic rings. The molecule has 1 aromatic carbocycles. The van der Waals surface area contributed by atoms with Gasteiger partial charge in [-0.2, -0.15) is 0 Å². The SMILES string of the molecule is CC(C)OCC(=O)NCc1cc(/C=C/C(=O)O)ccc1F. The summed E-state index contributed by atoms with van der Waals surface area (Å²) in [6.07, 6.45) is 2.26. The molecule has 0 saturated carbocycles. The highest BCUT2D eigenvalue weighted by Gasteiger charge is 2.07. The van der Waals surface area contributed by atoms with Crippen LogP contribution in [0.15, 0.2) is 24.3 Å². The summed E-state index contributed by atoms with van der Waals surface area (Å²) >= 11 is 0. The molecule has 0 radical (unpaired) electrons. The molecule has 114 valence electrons. The lowest BCUT2D eigenvalue weighted by molar-refractivity contribution is -0.131. The number of hydrogen-bond acceptors (Lipinski definition) is 3.